The van der Waals surface area contributed by atoms with Gasteiger partial charge in [0, 0.05) is 12.5 Å². The summed E-state index contributed by atoms with van der Waals surface area (Å²) in [6.07, 6.45) is 19.4. The number of ether oxygens (including phenoxy) is 2. The third kappa shape index (κ3) is 10.6. The highest BCUT2D eigenvalue weighted by Gasteiger charge is 2.25. The molecule has 0 radical (unpaired) electrons. The second kappa shape index (κ2) is 17.1. The van der Waals surface area contributed by atoms with Gasteiger partial charge >= 0.3 is 0 Å². The van der Waals surface area contributed by atoms with E-state index in [0.717, 1.165) is 12.8 Å². The quantitative estimate of drug-likeness (QED) is 0.118. The van der Waals surface area contributed by atoms with Crippen LogP contribution in [0.25, 0.3) is 22.8 Å². The fourth-order valence-electron chi connectivity index (χ4n) is 4.98. The minimum atomic E-state index is -0.794. The zero-order valence-electron chi connectivity index (χ0n) is 25.4. The van der Waals surface area contributed by atoms with E-state index in [0.29, 0.717) is 35.8 Å². The minimum Gasteiger partial charge on any atom is -0.493 e. The van der Waals surface area contributed by atoms with Crippen molar-refractivity contribution in [2.45, 2.75) is 123 Å². The van der Waals surface area contributed by atoms with Crippen LogP contribution in [0.15, 0.2) is 27.1 Å². The Labute approximate surface area is 249 Å². The number of aromatic nitrogens is 2. The highest BCUT2D eigenvalue weighted by Crippen LogP contribution is 2.33. The van der Waals surface area contributed by atoms with Gasteiger partial charge in [-0.1, -0.05) is 84.0 Å². The second-order valence-electron chi connectivity index (χ2n) is 11.8. The first-order chi connectivity index (χ1) is 20.5. The smallest absolute Gasteiger partial charge is 0.291 e. The van der Waals surface area contributed by atoms with Crippen molar-refractivity contribution >= 4 is 17.0 Å². The SMILES string of the molecule is CCCCCCCCCCCCCCCC(=O)N[C@@H](C)COc1noc(-c2nc3cc(OCC4CC4)ccc3o2)c1F. The summed E-state index contributed by atoms with van der Waals surface area (Å²) in [7, 11) is 0. The second-order valence-corrected chi connectivity index (χ2v) is 11.8. The van der Waals surface area contributed by atoms with Crippen molar-refractivity contribution in [3.05, 3.63) is 24.0 Å². The number of hydrogen-bond acceptors (Lipinski definition) is 7. The van der Waals surface area contributed by atoms with Crippen LogP contribution in [0.1, 0.15) is 117 Å². The highest BCUT2D eigenvalue weighted by atomic mass is 19.1. The summed E-state index contributed by atoms with van der Waals surface area (Å²) in [5, 5.41) is 6.60. The van der Waals surface area contributed by atoms with Gasteiger partial charge in [-0.2, -0.15) is 4.39 Å². The van der Waals surface area contributed by atoms with Crippen LogP contribution < -0.4 is 14.8 Å². The average Bonchev–Trinajstić information content (AvgIpc) is 3.61. The number of unbranched alkanes of at least 4 members (excludes halogenated alkanes) is 12. The van der Waals surface area contributed by atoms with Crippen LogP contribution in [-0.4, -0.2) is 35.3 Å². The first-order valence-electron chi connectivity index (χ1n) is 16.1. The highest BCUT2D eigenvalue weighted by molar-refractivity contribution is 5.77. The van der Waals surface area contributed by atoms with E-state index in [-0.39, 0.29) is 36.1 Å². The molecule has 2 heterocycles. The molecular formula is C33H48FN3O5. The number of hydrogen-bond donors (Lipinski definition) is 1. The predicted molar refractivity (Wildman–Crippen MR) is 161 cm³/mol. The molecule has 0 unspecified atom stereocenters. The largest absolute Gasteiger partial charge is 0.493 e. The van der Waals surface area contributed by atoms with Crippen molar-refractivity contribution in [3.63, 3.8) is 0 Å². The Bertz CT molecular complexity index is 1220. The molecule has 1 aliphatic carbocycles. The summed E-state index contributed by atoms with van der Waals surface area (Å²) in [6, 6.07) is 5.00. The molecular weight excluding hydrogens is 537 g/mol. The van der Waals surface area contributed by atoms with Crippen LogP contribution in [0.3, 0.4) is 0 Å². The number of oxazole rings is 1. The molecule has 1 fully saturated rings. The molecule has 2 aromatic heterocycles. The van der Waals surface area contributed by atoms with E-state index in [2.05, 4.69) is 22.4 Å². The van der Waals surface area contributed by atoms with Gasteiger partial charge in [0.1, 0.15) is 17.9 Å². The van der Waals surface area contributed by atoms with E-state index >= 15 is 0 Å². The molecule has 0 saturated heterocycles. The van der Waals surface area contributed by atoms with Gasteiger partial charge in [0.15, 0.2) is 5.58 Å². The maximum atomic E-state index is 15.0. The van der Waals surface area contributed by atoms with Gasteiger partial charge in [0.25, 0.3) is 17.5 Å². The van der Waals surface area contributed by atoms with Gasteiger partial charge in [0.05, 0.1) is 12.6 Å². The molecule has 0 aliphatic heterocycles. The van der Waals surface area contributed by atoms with Gasteiger partial charge in [-0.15, -0.1) is 0 Å². The molecule has 1 aliphatic rings. The van der Waals surface area contributed by atoms with Crippen LogP contribution >= 0.6 is 0 Å². The molecule has 1 amide bonds. The van der Waals surface area contributed by atoms with Crippen LogP contribution in [0.5, 0.6) is 11.6 Å². The molecule has 232 valence electrons. The topological polar surface area (TPSA) is 99.6 Å². The summed E-state index contributed by atoms with van der Waals surface area (Å²) >= 11 is 0. The fourth-order valence-corrected chi connectivity index (χ4v) is 4.98. The number of halogens is 1. The number of fused-ring (bicyclic) bond motifs is 1. The summed E-state index contributed by atoms with van der Waals surface area (Å²) in [5.74, 6) is -0.0427. The van der Waals surface area contributed by atoms with Crippen molar-refractivity contribution in [2.75, 3.05) is 13.2 Å². The standard InChI is InChI=1S/C33H48FN3O5/c1-3-4-5-6-7-8-9-10-11-12-13-14-15-16-29(38)35-24(2)22-40-32-30(34)31(42-37-32)33-36-27-21-26(19-20-28(27)41-33)39-23-25-17-18-25/h19-21,24-25H,3-18,22-23H2,1-2H3,(H,35,38)/t24-/m0/s1. The summed E-state index contributed by atoms with van der Waals surface area (Å²) in [5.41, 5.74) is 1.03. The molecule has 42 heavy (non-hydrogen) atoms. The summed E-state index contributed by atoms with van der Waals surface area (Å²) in [6.45, 7) is 4.81. The Hall–Kier alpha value is -3.10. The zero-order valence-corrected chi connectivity index (χ0v) is 25.4. The first kappa shape index (κ1) is 31.8. The lowest BCUT2D eigenvalue weighted by molar-refractivity contribution is -0.122. The van der Waals surface area contributed by atoms with Crippen molar-refractivity contribution in [1.82, 2.24) is 15.5 Å². The number of carbonyl (C=O) groups is 1. The molecule has 4 rings (SSSR count). The Morgan fingerprint density at radius 1 is 1.00 bits per heavy atom. The number of amides is 1. The lowest BCUT2D eigenvalue weighted by Gasteiger charge is -2.13. The minimum absolute atomic E-state index is 0.0247. The van der Waals surface area contributed by atoms with E-state index in [1.165, 1.54) is 83.5 Å². The number of benzene rings is 1. The molecule has 0 bridgehead atoms. The van der Waals surface area contributed by atoms with Crippen LogP contribution in [0.2, 0.25) is 0 Å². The molecule has 1 aromatic carbocycles. The summed E-state index contributed by atoms with van der Waals surface area (Å²) in [4.78, 5) is 16.6. The van der Waals surface area contributed by atoms with Crippen LogP contribution in [0.4, 0.5) is 4.39 Å². The zero-order chi connectivity index (χ0) is 29.6. The molecule has 3 aromatic rings. The van der Waals surface area contributed by atoms with Crippen molar-refractivity contribution < 1.29 is 27.6 Å². The van der Waals surface area contributed by atoms with Gasteiger partial charge < -0.3 is 23.7 Å². The molecule has 1 N–H and O–H groups in total. The van der Waals surface area contributed by atoms with Gasteiger partial charge in [-0.05, 0) is 49.4 Å². The lowest BCUT2D eigenvalue weighted by atomic mass is 10.0. The fraction of sp³-hybridized carbons (Fsp3) is 0.667. The molecule has 9 heteroatoms. The third-order valence-corrected chi connectivity index (χ3v) is 7.73. The molecule has 0 spiro atoms. The normalized spacial score (nSPS) is 13.9. The van der Waals surface area contributed by atoms with Crippen molar-refractivity contribution in [3.8, 4) is 23.3 Å². The van der Waals surface area contributed by atoms with E-state index < -0.39 is 5.82 Å². The Kier molecular flexibility index (Phi) is 13.0. The van der Waals surface area contributed by atoms with Gasteiger partial charge in [0.2, 0.25) is 11.7 Å². The van der Waals surface area contributed by atoms with Crippen molar-refractivity contribution in [1.29, 1.82) is 0 Å². The average molecular weight is 586 g/mol. The number of rotatable bonds is 22. The van der Waals surface area contributed by atoms with Crippen LogP contribution in [0, 0.1) is 11.7 Å². The van der Waals surface area contributed by atoms with Gasteiger partial charge in [-0.3, -0.25) is 4.79 Å². The maximum Gasteiger partial charge on any atom is 0.291 e. The molecule has 8 nitrogen and oxygen atoms in total. The van der Waals surface area contributed by atoms with E-state index in [9.17, 15) is 9.18 Å². The Balaban J connectivity index is 1.08. The van der Waals surface area contributed by atoms with E-state index in [4.69, 9.17) is 18.4 Å². The van der Waals surface area contributed by atoms with Crippen molar-refractivity contribution in [2.24, 2.45) is 5.92 Å². The molecule has 1 atom stereocenters. The predicted octanol–water partition coefficient (Wildman–Crippen LogP) is 8.78. The molecule has 1 saturated carbocycles. The third-order valence-electron chi connectivity index (χ3n) is 7.73. The number of nitrogens with one attached hydrogen (secondary N) is 1. The van der Waals surface area contributed by atoms with Gasteiger partial charge in [-0.25, -0.2) is 4.98 Å². The summed E-state index contributed by atoms with van der Waals surface area (Å²) < 4.78 is 37.1. The number of carbonyl (C=O) groups excluding carboxylic acids is 1. The Morgan fingerprint density at radius 2 is 1.67 bits per heavy atom. The van der Waals surface area contributed by atoms with E-state index in [1.807, 2.05) is 6.92 Å². The maximum absolute atomic E-state index is 15.0. The number of nitrogens with zero attached hydrogens (tertiary/aromatic N) is 2. The lowest BCUT2D eigenvalue weighted by Crippen LogP contribution is -2.36. The monoisotopic (exact) mass is 585 g/mol. The first-order valence-corrected chi connectivity index (χ1v) is 16.1. The van der Waals surface area contributed by atoms with Crippen LogP contribution in [-0.2, 0) is 4.79 Å². The Morgan fingerprint density at radius 3 is 2.33 bits per heavy atom. The van der Waals surface area contributed by atoms with E-state index in [1.54, 1.807) is 18.2 Å².